The standard InChI is InChI=1S/C14H17N3O2/c1-9-5-6-12(14(7-9)19-4)13(18)8-17-11(3)15-10(2)16-17/h5-7H,8H2,1-4H3. The van der Waals surface area contributed by atoms with Crippen LogP contribution in [0.25, 0.3) is 0 Å². The highest BCUT2D eigenvalue weighted by Gasteiger charge is 2.15. The van der Waals surface area contributed by atoms with Gasteiger partial charge in [0.25, 0.3) is 0 Å². The summed E-state index contributed by atoms with van der Waals surface area (Å²) in [6.07, 6.45) is 0. The number of carbonyl (C=O) groups is 1. The number of hydrogen-bond donors (Lipinski definition) is 0. The molecule has 0 amide bonds. The number of aromatic nitrogens is 3. The van der Waals surface area contributed by atoms with Gasteiger partial charge in [-0.25, -0.2) is 9.67 Å². The second-order valence-corrected chi connectivity index (χ2v) is 4.49. The molecule has 19 heavy (non-hydrogen) atoms. The Morgan fingerprint density at radius 2 is 2.05 bits per heavy atom. The zero-order chi connectivity index (χ0) is 14.0. The van der Waals surface area contributed by atoms with E-state index in [4.69, 9.17) is 4.74 Å². The molecule has 1 aromatic heterocycles. The van der Waals surface area contributed by atoms with Gasteiger partial charge < -0.3 is 4.74 Å². The Kier molecular flexibility index (Phi) is 3.64. The monoisotopic (exact) mass is 259 g/mol. The molecule has 5 heteroatoms. The minimum atomic E-state index is -0.0372. The first kappa shape index (κ1) is 13.3. The number of Topliss-reactive ketones (excluding diaryl/α,β-unsaturated/α-hetero) is 1. The van der Waals surface area contributed by atoms with Crippen LogP contribution in [0.2, 0.25) is 0 Å². The molecule has 0 N–H and O–H groups in total. The number of carbonyl (C=O) groups excluding carboxylic acids is 1. The van der Waals surface area contributed by atoms with Crippen molar-refractivity contribution >= 4 is 5.78 Å². The van der Waals surface area contributed by atoms with Crippen LogP contribution in [0.3, 0.4) is 0 Å². The summed E-state index contributed by atoms with van der Waals surface area (Å²) in [6.45, 7) is 5.77. The van der Waals surface area contributed by atoms with Crippen molar-refractivity contribution in [2.45, 2.75) is 27.3 Å². The zero-order valence-corrected chi connectivity index (χ0v) is 11.6. The van der Waals surface area contributed by atoms with Crippen LogP contribution in [0, 0.1) is 20.8 Å². The number of hydrogen-bond acceptors (Lipinski definition) is 4. The third-order valence-corrected chi connectivity index (χ3v) is 2.91. The number of benzene rings is 1. The van der Waals surface area contributed by atoms with Crippen LogP contribution in [0.4, 0.5) is 0 Å². The van der Waals surface area contributed by atoms with Gasteiger partial charge in [0.05, 0.1) is 12.7 Å². The Morgan fingerprint density at radius 3 is 2.63 bits per heavy atom. The van der Waals surface area contributed by atoms with Gasteiger partial charge >= 0.3 is 0 Å². The van der Waals surface area contributed by atoms with Gasteiger partial charge in [0, 0.05) is 0 Å². The van der Waals surface area contributed by atoms with Gasteiger partial charge in [0.15, 0.2) is 5.78 Å². The summed E-state index contributed by atoms with van der Waals surface area (Å²) >= 11 is 0. The average molecular weight is 259 g/mol. The van der Waals surface area contributed by atoms with Crippen molar-refractivity contribution < 1.29 is 9.53 Å². The number of aryl methyl sites for hydroxylation is 3. The fourth-order valence-electron chi connectivity index (χ4n) is 1.96. The van der Waals surface area contributed by atoms with Crippen molar-refractivity contribution in [3.8, 4) is 5.75 Å². The molecule has 0 saturated carbocycles. The van der Waals surface area contributed by atoms with E-state index in [0.717, 1.165) is 11.4 Å². The summed E-state index contributed by atoms with van der Waals surface area (Å²) in [7, 11) is 1.57. The molecule has 1 heterocycles. The lowest BCUT2D eigenvalue weighted by molar-refractivity contribution is 0.0963. The summed E-state index contributed by atoms with van der Waals surface area (Å²) in [5.41, 5.74) is 1.63. The molecule has 0 spiro atoms. The van der Waals surface area contributed by atoms with Crippen molar-refractivity contribution in [1.29, 1.82) is 0 Å². The predicted molar refractivity (Wildman–Crippen MR) is 71.6 cm³/mol. The Morgan fingerprint density at radius 1 is 1.32 bits per heavy atom. The third-order valence-electron chi connectivity index (χ3n) is 2.91. The second-order valence-electron chi connectivity index (χ2n) is 4.49. The molecule has 0 aliphatic carbocycles. The first-order valence-corrected chi connectivity index (χ1v) is 6.07. The molecule has 0 aliphatic heterocycles. The van der Waals surface area contributed by atoms with E-state index in [-0.39, 0.29) is 12.3 Å². The number of ketones is 1. The van der Waals surface area contributed by atoms with Gasteiger partial charge in [0.2, 0.25) is 0 Å². The van der Waals surface area contributed by atoms with Crippen LogP contribution in [-0.4, -0.2) is 27.7 Å². The summed E-state index contributed by atoms with van der Waals surface area (Å²) in [5.74, 6) is 1.96. The van der Waals surface area contributed by atoms with E-state index < -0.39 is 0 Å². The summed E-state index contributed by atoms with van der Waals surface area (Å²) < 4.78 is 6.86. The minimum absolute atomic E-state index is 0.0372. The predicted octanol–water partition coefficient (Wildman–Crippen LogP) is 2.09. The minimum Gasteiger partial charge on any atom is -0.496 e. The van der Waals surface area contributed by atoms with E-state index >= 15 is 0 Å². The molecule has 5 nitrogen and oxygen atoms in total. The largest absolute Gasteiger partial charge is 0.496 e. The Hall–Kier alpha value is -2.17. The van der Waals surface area contributed by atoms with E-state index in [0.29, 0.717) is 17.1 Å². The van der Waals surface area contributed by atoms with Crippen LogP contribution in [0.1, 0.15) is 27.6 Å². The Labute approximate surface area is 112 Å². The van der Waals surface area contributed by atoms with E-state index in [2.05, 4.69) is 10.1 Å². The van der Waals surface area contributed by atoms with Crippen molar-refractivity contribution in [2.75, 3.05) is 7.11 Å². The van der Waals surface area contributed by atoms with Gasteiger partial charge in [-0.3, -0.25) is 4.79 Å². The lowest BCUT2D eigenvalue weighted by atomic mass is 10.1. The van der Waals surface area contributed by atoms with Crippen molar-refractivity contribution in [3.05, 3.63) is 41.0 Å². The topological polar surface area (TPSA) is 57.0 Å². The molecule has 0 aliphatic rings. The normalized spacial score (nSPS) is 10.5. The lowest BCUT2D eigenvalue weighted by Crippen LogP contribution is -2.14. The lowest BCUT2D eigenvalue weighted by Gasteiger charge is -2.09. The molecule has 0 atom stereocenters. The third kappa shape index (κ3) is 2.81. The molecule has 0 radical (unpaired) electrons. The fourth-order valence-corrected chi connectivity index (χ4v) is 1.96. The summed E-state index contributed by atoms with van der Waals surface area (Å²) in [4.78, 5) is 16.5. The Balaban J connectivity index is 2.27. The van der Waals surface area contributed by atoms with Crippen molar-refractivity contribution in [1.82, 2.24) is 14.8 Å². The van der Waals surface area contributed by atoms with Crippen LogP contribution in [-0.2, 0) is 6.54 Å². The molecule has 0 unspecified atom stereocenters. The van der Waals surface area contributed by atoms with Gasteiger partial charge in [-0.2, -0.15) is 5.10 Å². The van der Waals surface area contributed by atoms with Gasteiger partial charge in [-0.15, -0.1) is 0 Å². The molecule has 1 aromatic carbocycles. The van der Waals surface area contributed by atoms with E-state index in [9.17, 15) is 4.79 Å². The van der Waals surface area contributed by atoms with E-state index in [1.165, 1.54) is 0 Å². The smallest absolute Gasteiger partial charge is 0.188 e. The number of rotatable bonds is 4. The maximum absolute atomic E-state index is 12.3. The van der Waals surface area contributed by atoms with Crippen LogP contribution < -0.4 is 4.74 Å². The first-order chi connectivity index (χ1) is 9.01. The van der Waals surface area contributed by atoms with Gasteiger partial charge in [-0.1, -0.05) is 6.07 Å². The highest BCUT2D eigenvalue weighted by Crippen LogP contribution is 2.21. The molecular formula is C14H17N3O2. The maximum Gasteiger partial charge on any atom is 0.188 e. The SMILES string of the molecule is COc1cc(C)ccc1C(=O)Cn1nc(C)nc1C. The average Bonchev–Trinajstić information content (AvgIpc) is 2.67. The highest BCUT2D eigenvalue weighted by atomic mass is 16.5. The van der Waals surface area contributed by atoms with Crippen molar-refractivity contribution in [2.24, 2.45) is 0 Å². The molecule has 0 saturated heterocycles. The summed E-state index contributed by atoms with van der Waals surface area (Å²) in [5, 5.41) is 4.19. The zero-order valence-electron chi connectivity index (χ0n) is 11.6. The number of ether oxygens (including phenoxy) is 1. The van der Waals surface area contributed by atoms with E-state index in [1.807, 2.05) is 26.0 Å². The van der Waals surface area contributed by atoms with Crippen molar-refractivity contribution in [3.63, 3.8) is 0 Å². The van der Waals surface area contributed by atoms with Crippen LogP contribution in [0.15, 0.2) is 18.2 Å². The molecule has 0 bridgehead atoms. The number of nitrogens with zero attached hydrogens (tertiary/aromatic N) is 3. The summed E-state index contributed by atoms with van der Waals surface area (Å²) in [6, 6.07) is 5.54. The van der Waals surface area contributed by atoms with E-state index in [1.54, 1.807) is 24.8 Å². The van der Waals surface area contributed by atoms with Gasteiger partial charge in [0.1, 0.15) is 23.9 Å². The van der Waals surface area contributed by atoms with Crippen LogP contribution >= 0.6 is 0 Å². The molecular weight excluding hydrogens is 242 g/mol. The molecule has 2 rings (SSSR count). The second kappa shape index (κ2) is 5.22. The van der Waals surface area contributed by atoms with Crippen LogP contribution in [0.5, 0.6) is 5.75 Å². The highest BCUT2D eigenvalue weighted by molar-refractivity contribution is 5.98. The molecule has 0 fully saturated rings. The van der Waals surface area contributed by atoms with Gasteiger partial charge in [-0.05, 0) is 38.5 Å². The Bertz CT molecular complexity index is 617. The first-order valence-electron chi connectivity index (χ1n) is 6.07. The quantitative estimate of drug-likeness (QED) is 0.789. The molecule has 100 valence electrons. The number of methoxy groups -OCH3 is 1. The maximum atomic E-state index is 12.3. The fraction of sp³-hybridized carbons (Fsp3) is 0.357. The molecule has 2 aromatic rings.